The summed E-state index contributed by atoms with van der Waals surface area (Å²) in [6.45, 7) is 4.28. The van der Waals surface area contributed by atoms with Gasteiger partial charge in [-0.15, -0.1) is 0 Å². The number of hydrogen-bond acceptors (Lipinski definition) is 6. The van der Waals surface area contributed by atoms with Crippen molar-refractivity contribution in [2.24, 2.45) is 5.73 Å². The van der Waals surface area contributed by atoms with Gasteiger partial charge in [0.25, 0.3) is 11.8 Å². The number of nitrogens with zero attached hydrogens (tertiary/aromatic N) is 5. The highest BCUT2D eigenvalue weighted by Crippen LogP contribution is 2.26. The average Bonchev–Trinajstić information content (AvgIpc) is 3.19. The van der Waals surface area contributed by atoms with Crippen LogP contribution in [0, 0.1) is 6.92 Å². The Labute approximate surface area is 180 Å². The van der Waals surface area contributed by atoms with Gasteiger partial charge in [0.2, 0.25) is 0 Å². The molecule has 3 aromatic rings. The fourth-order valence-electron chi connectivity index (χ4n) is 4.04. The molecule has 1 saturated heterocycles. The number of rotatable bonds is 6. The van der Waals surface area contributed by atoms with E-state index in [1.807, 2.05) is 27.7 Å². The number of ether oxygens (including phenoxy) is 1. The van der Waals surface area contributed by atoms with Gasteiger partial charge in [-0.1, -0.05) is 0 Å². The second-order valence-corrected chi connectivity index (χ2v) is 7.82. The third-order valence-corrected chi connectivity index (χ3v) is 5.74. The number of carbonyl (C=O) groups is 2. The quantitative estimate of drug-likeness (QED) is 0.649. The lowest BCUT2D eigenvalue weighted by atomic mass is 9.96. The summed E-state index contributed by atoms with van der Waals surface area (Å²) in [6.07, 6.45) is 5.01. The van der Waals surface area contributed by atoms with Crippen molar-refractivity contribution in [2.75, 3.05) is 26.8 Å². The molecule has 1 aliphatic rings. The van der Waals surface area contributed by atoms with Crippen LogP contribution in [0.25, 0.3) is 11.0 Å². The lowest BCUT2D eigenvalue weighted by Gasteiger charge is -2.32. The maximum atomic E-state index is 13.2. The number of hydrogen-bond donors (Lipinski definition) is 1. The van der Waals surface area contributed by atoms with E-state index in [9.17, 15) is 9.59 Å². The summed E-state index contributed by atoms with van der Waals surface area (Å²) in [5.41, 5.74) is 8.62. The van der Waals surface area contributed by atoms with Crippen molar-refractivity contribution in [3.05, 3.63) is 53.4 Å². The second kappa shape index (κ2) is 8.81. The molecule has 1 unspecified atom stereocenters. The first-order valence-corrected chi connectivity index (χ1v) is 10.3. The first-order valence-electron chi connectivity index (χ1n) is 10.3. The Morgan fingerprint density at radius 1 is 1.29 bits per heavy atom. The molecule has 0 aliphatic carbocycles. The van der Waals surface area contributed by atoms with E-state index in [4.69, 9.17) is 10.5 Å². The van der Waals surface area contributed by atoms with Crippen LogP contribution < -0.4 is 5.73 Å². The summed E-state index contributed by atoms with van der Waals surface area (Å²) < 4.78 is 7.15. The van der Waals surface area contributed by atoms with E-state index in [1.54, 1.807) is 20.4 Å². The fourth-order valence-corrected chi connectivity index (χ4v) is 4.04. The smallest absolute Gasteiger partial charge is 0.253 e. The molecule has 0 bridgehead atoms. The van der Waals surface area contributed by atoms with Crippen molar-refractivity contribution in [2.45, 2.75) is 32.2 Å². The number of methoxy groups -OCH3 is 1. The third-order valence-electron chi connectivity index (χ3n) is 5.74. The Bertz CT molecular complexity index is 1130. The summed E-state index contributed by atoms with van der Waals surface area (Å²) >= 11 is 0. The zero-order chi connectivity index (χ0) is 22.0. The van der Waals surface area contributed by atoms with Crippen LogP contribution in [-0.4, -0.2) is 63.0 Å². The lowest BCUT2D eigenvalue weighted by Crippen LogP contribution is -2.39. The Morgan fingerprint density at radius 2 is 2.13 bits per heavy atom. The summed E-state index contributed by atoms with van der Waals surface area (Å²) in [7, 11) is 1.67. The van der Waals surface area contributed by atoms with Crippen LogP contribution in [0.2, 0.25) is 0 Å². The third kappa shape index (κ3) is 4.27. The molecule has 0 saturated carbocycles. The normalized spacial score (nSPS) is 16.6. The highest BCUT2D eigenvalue weighted by Gasteiger charge is 2.28. The van der Waals surface area contributed by atoms with Crippen molar-refractivity contribution >= 4 is 22.8 Å². The van der Waals surface area contributed by atoms with Crippen LogP contribution in [0.1, 0.15) is 51.0 Å². The van der Waals surface area contributed by atoms with Gasteiger partial charge in [0.1, 0.15) is 5.82 Å². The number of amides is 2. The van der Waals surface area contributed by atoms with Gasteiger partial charge in [0.05, 0.1) is 35.2 Å². The van der Waals surface area contributed by atoms with E-state index >= 15 is 0 Å². The number of benzene rings is 1. The van der Waals surface area contributed by atoms with Gasteiger partial charge in [-0.2, -0.15) is 0 Å². The molecule has 1 aliphatic heterocycles. The van der Waals surface area contributed by atoms with Crippen molar-refractivity contribution in [3.8, 4) is 0 Å². The first kappa shape index (κ1) is 20.9. The fraction of sp³-hybridized carbons (Fsp3) is 0.409. The van der Waals surface area contributed by atoms with Gasteiger partial charge >= 0.3 is 0 Å². The van der Waals surface area contributed by atoms with Crippen molar-refractivity contribution in [1.29, 1.82) is 0 Å². The standard InChI is InChI=1S/C22H26N6O3/c1-14-17(20(23)29)11-24-21(26-14)16-4-3-7-27(12-16)22(30)15-5-6-19-18(10-15)25-13-28(19)8-9-31-2/h5-6,10-11,13,16H,3-4,7-9,12H2,1-2H3,(H2,23,29). The van der Waals surface area contributed by atoms with Gasteiger partial charge < -0.3 is 19.9 Å². The second-order valence-electron chi connectivity index (χ2n) is 7.82. The minimum absolute atomic E-state index is 0.0234. The molecule has 2 amide bonds. The number of imidazole rings is 1. The molecule has 0 spiro atoms. The molecule has 1 fully saturated rings. The van der Waals surface area contributed by atoms with Crippen LogP contribution >= 0.6 is 0 Å². The number of piperidine rings is 1. The van der Waals surface area contributed by atoms with Crippen LogP contribution in [0.5, 0.6) is 0 Å². The van der Waals surface area contributed by atoms with Crippen LogP contribution in [0.4, 0.5) is 0 Å². The van der Waals surface area contributed by atoms with Gasteiger partial charge in [0.15, 0.2) is 0 Å². The zero-order valence-electron chi connectivity index (χ0n) is 17.7. The number of carbonyl (C=O) groups excluding carboxylic acids is 2. The average molecular weight is 422 g/mol. The number of nitrogens with two attached hydrogens (primary N) is 1. The Kier molecular flexibility index (Phi) is 5.94. The number of primary amides is 1. The summed E-state index contributed by atoms with van der Waals surface area (Å²) in [5, 5.41) is 0. The molecule has 9 heteroatoms. The molecule has 1 atom stereocenters. The maximum absolute atomic E-state index is 13.2. The van der Waals surface area contributed by atoms with Crippen LogP contribution in [-0.2, 0) is 11.3 Å². The van der Waals surface area contributed by atoms with Gasteiger partial charge in [0, 0.05) is 44.4 Å². The molecule has 0 radical (unpaired) electrons. The van der Waals surface area contributed by atoms with E-state index in [-0.39, 0.29) is 11.8 Å². The van der Waals surface area contributed by atoms with Crippen molar-refractivity contribution in [3.63, 3.8) is 0 Å². The highest BCUT2D eigenvalue weighted by molar-refractivity contribution is 5.97. The molecule has 162 valence electrons. The predicted molar refractivity (Wildman–Crippen MR) is 115 cm³/mol. The van der Waals surface area contributed by atoms with E-state index < -0.39 is 5.91 Å². The molecule has 2 aromatic heterocycles. The van der Waals surface area contributed by atoms with E-state index in [2.05, 4.69) is 15.0 Å². The van der Waals surface area contributed by atoms with Crippen molar-refractivity contribution < 1.29 is 14.3 Å². The number of likely N-dealkylation sites (tertiary alicyclic amines) is 1. The lowest BCUT2D eigenvalue weighted by molar-refractivity contribution is 0.0704. The minimum atomic E-state index is -0.537. The molecule has 2 N–H and O–H groups in total. The monoisotopic (exact) mass is 422 g/mol. The van der Waals surface area contributed by atoms with Gasteiger partial charge in [-0.05, 0) is 38.0 Å². The van der Waals surface area contributed by atoms with E-state index in [1.165, 1.54) is 6.20 Å². The van der Waals surface area contributed by atoms with Gasteiger partial charge in [-0.3, -0.25) is 9.59 Å². The van der Waals surface area contributed by atoms with E-state index in [0.29, 0.717) is 48.9 Å². The molecule has 3 heterocycles. The van der Waals surface area contributed by atoms with Crippen molar-refractivity contribution in [1.82, 2.24) is 24.4 Å². The zero-order valence-corrected chi connectivity index (χ0v) is 17.7. The molecule has 4 rings (SSSR count). The molecular weight excluding hydrogens is 396 g/mol. The number of aryl methyl sites for hydroxylation is 1. The molecule has 1 aromatic carbocycles. The highest BCUT2D eigenvalue weighted by atomic mass is 16.5. The number of aromatic nitrogens is 4. The van der Waals surface area contributed by atoms with Gasteiger partial charge in [-0.25, -0.2) is 15.0 Å². The molecular formula is C22H26N6O3. The first-order chi connectivity index (χ1) is 15.0. The Morgan fingerprint density at radius 3 is 2.87 bits per heavy atom. The minimum Gasteiger partial charge on any atom is -0.383 e. The largest absolute Gasteiger partial charge is 0.383 e. The summed E-state index contributed by atoms with van der Waals surface area (Å²) in [4.78, 5) is 39.7. The topological polar surface area (TPSA) is 116 Å². The summed E-state index contributed by atoms with van der Waals surface area (Å²) in [5.74, 6) is 0.107. The number of fused-ring (bicyclic) bond motifs is 1. The van der Waals surface area contributed by atoms with E-state index in [0.717, 1.165) is 23.9 Å². The molecule has 9 nitrogen and oxygen atoms in total. The SMILES string of the molecule is COCCn1cnc2cc(C(=O)N3CCCC(c4ncc(C(N)=O)c(C)n4)C3)ccc21. The van der Waals surface area contributed by atoms with Crippen LogP contribution in [0.3, 0.4) is 0 Å². The van der Waals surface area contributed by atoms with Crippen LogP contribution in [0.15, 0.2) is 30.7 Å². The Balaban J connectivity index is 1.51. The maximum Gasteiger partial charge on any atom is 0.253 e. The molecule has 31 heavy (non-hydrogen) atoms. The summed E-state index contributed by atoms with van der Waals surface area (Å²) in [6, 6.07) is 5.62. The Hall–Kier alpha value is -3.33. The predicted octanol–water partition coefficient (Wildman–Crippen LogP) is 1.90.